The molecule has 16 heavy (non-hydrogen) atoms. The van der Waals surface area contributed by atoms with E-state index in [1.165, 1.54) is 11.9 Å². The maximum Gasteiger partial charge on any atom is 0.234 e. The number of halogens is 1. The third kappa shape index (κ3) is 1.59. The molecule has 2 saturated heterocycles. The van der Waals surface area contributed by atoms with Gasteiger partial charge in [-0.05, 0) is 0 Å². The molecule has 88 valence electrons. The van der Waals surface area contributed by atoms with Crippen molar-refractivity contribution in [3.8, 4) is 0 Å². The highest BCUT2D eigenvalue weighted by Crippen LogP contribution is 2.32. The summed E-state index contributed by atoms with van der Waals surface area (Å²) in [5.41, 5.74) is 0. The normalized spacial score (nSPS) is 28.9. The summed E-state index contributed by atoms with van der Waals surface area (Å²) in [6.07, 6.45) is 0.263. The van der Waals surface area contributed by atoms with Crippen molar-refractivity contribution in [1.82, 2.24) is 9.80 Å². The molecule has 2 rings (SSSR count). The largest absolute Gasteiger partial charge is 0.341 e. The number of amides is 3. The summed E-state index contributed by atoms with van der Waals surface area (Å²) in [4.78, 5) is 37.6. The van der Waals surface area contributed by atoms with Crippen LogP contribution in [0.5, 0.6) is 0 Å². The van der Waals surface area contributed by atoms with E-state index in [9.17, 15) is 14.4 Å². The van der Waals surface area contributed by atoms with Crippen molar-refractivity contribution in [2.75, 3.05) is 26.0 Å². The topological polar surface area (TPSA) is 57.7 Å². The Hall–Kier alpha value is -1.10. The Morgan fingerprint density at radius 2 is 1.81 bits per heavy atom. The summed E-state index contributed by atoms with van der Waals surface area (Å²) >= 11 is 5.49. The van der Waals surface area contributed by atoms with Gasteiger partial charge in [0, 0.05) is 32.4 Å². The monoisotopic (exact) mass is 244 g/mol. The molecule has 2 unspecified atom stereocenters. The summed E-state index contributed by atoms with van der Waals surface area (Å²) in [6.45, 7) is 0.713. The lowest BCUT2D eigenvalue weighted by Gasteiger charge is -2.18. The molecule has 2 aliphatic heterocycles. The Bertz CT molecular complexity index is 334. The van der Waals surface area contributed by atoms with Crippen LogP contribution in [0.15, 0.2) is 0 Å². The molecule has 0 aromatic heterocycles. The van der Waals surface area contributed by atoms with Gasteiger partial charge in [-0.15, -0.1) is 11.6 Å². The number of imide groups is 1. The smallest absolute Gasteiger partial charge is 0.234 e. The summed E-state index contributed by atoms with van der Waals surface area (Å²) < 4.78 is 0. The number of fused-ring (bicyclic) bond motifs is 1. The van der Waals surface area contributed by atoms with E-state index in [0.717, 1.165) is 0 Å². The molecule has 6 heteroatoms. The van der Waals surface area contributed by atoms with Crippen molar-refractivity contribution in [1.29, 1.82) is 0 Å². The van der Waals surface area contributed by atoms with Crippen molar-refractivity contribution in [3.63, 3.8) is 0 Å². The van der Waals surface area contributed by atoms with Crippen LogP contribution in [-0.2, 0) is 14.4 Å². The van der Waals surface area contributed by atoms with Gasteiger partial charge in [0.05, 0.1) is 11.8 Å². The Balaban J connectivity index is 2.07. The van der Waals surface area contributed by atoms with Crippen LogP contribution in [0.25, 0.3) is 0 Å². The van der Waals surface area contributed by atoms with Gasteiger partial charge in [-0.25, -0.2) is 0 Å². The van der Waals surface area contributed by atoms with E-state index in [2.05, 4.69) is 0 Å². The van der Waals surface area contributed by atoms with Crippen LogP contribution in [0.4, 0.5) is 0 Å². The fourth-order valence-corrected chi connectivity index (χ4v) is 2.51. The number of nitrogens with zero attached hydrogens (tertiary/aromatic N) is 2. The molecule has 2 heterocycles. The minimum absolute atomic E-state index is 0.0762. The number of alkyl halides is 1. The third-order valence-electron chi connectivity index (χ3n) is 3.28. The van der Waals surface area contributed by atoms with Gasteiger partial charge in [-0.1, -0.05) is 0 Å². The fraction of sp³-hybridized carbons (Fsp3) is 0.700. The predicted molar refractivity (Wildman–Crippen MR) is 56.7 cm³/mol. The molecule has 2 atom stereocenters. The van der Waals surface area contributed by atoms with E-state index in [4.69, 9.17) is 11.6 Å². The van der Waals surface area contributed by atoms with Gasteiger partial charge in [-0.2, -0.15) is 0 Å². The second-order valence-electron chi connectivity index (χ2n) is 4.19. The number of rotatable bonds is 2. The van der Waals surface area contributed by atoms with Crippen LogP contribution in [-0.4, -0.2) is 53.5 Å². The summed E-state index contributed by atoms with van der Waals surface area (Å²) in [7, 11) is 1.49. The van der Waals surface area contributed by atoms with Crippen molar-refractivity contribution < 1.29 is 14.4 Å². The van der Waals surface area contributed by atoms with Crippen LogP contribution in [0.2, 0.25) is 0 Å². The number of hydrogen-bond donors (Lipinski definition) is 0. The lowest BCUT2D eigenvalue weighted by atomic mass is 10.00. The van der Waals surface area contributed by atoms with E-state index in [1.807, 2.05) is 0 Å². The van der Waals surface area contributed by atoms with Gasteiger partial charge in [0.1, 0.15) is 0 Å². The average molecular weight is 245 g/mol. The van der Waals surface area contributed by atoms with Crippen molar-refractivity contribution in [2.24, 2.45) is 11.8 Å². The van der Waals surface area contributed by atoms with Gasteiger partial charge in [-0.3, -0.25) is 19.3 Å². The summed E-state index contributed by atoms with van der Waals surface area (Å²) in [5, 5.41) is 0. The molecule has 2 fully saturated rings. The van der Waals surface area contributed by atoms with Crippen molar-refractivity contribution in [2.45, 2.75) is 6.42 Å². The molecule has 0 bridgehead atoms. The minimum Gasteiger partial charge on any atom is -0.341 e. The average Bonchev–Trinajstić information content (AvgIpc) is 2.77. The van der Waals surface area contributed by atoms with Crippen molar-refractivity contribution in [3.05, 3.63) is 0 Å². The Morgan fingerprint density at radius 3 is 2.25 bits per heavy atom. The molecule has 0 spiro atoms. The fourth-order valence-electron chi connectivity index (χ4n) is 2.35. The van der Waals surface area contributed by atoms with Crippen LogP contribution in [0.1, 0.15) is 6.42 Å². The van der Waals surface area contributed by atoms with E-state index in [-0.39, 0.29) is 41.9 Å². The highest BCUT2D eigenvalue weighted by atomic mass is 35.5. The molecule has 0 saturated carbocycles. The number of hydrogen-bond acceptors (Lipinski definition) is 3. The van der Waals surface area contributed by atoms with Crippen LogP contribution in [0.3, 0.4) is 0 Å². The SMILES string of the molecule is CN1C(=O)C2CN(C(=O)CCCl)CC2C1=O. The summed E-state index contributed by atoms with van der Waals surface area (Å²) in [6, 6.07) is 0. The van der Waals surface area contributed by atoms with Crippen LogP contribution in [0, 0.1) is 11.8 Å². The predicted octanol–water partition coefficient (Wildman–Crippen LogP) is -0.312. The molecular weight excluding hydrogens is 232 g/mol. The first-order valence-electron chi connectivity index (χ1n) is 5.21. The third-order valence-corrected chi connectivity index (χ3v) is 3.47. The van der Waals surface area contributed by atoms with Gasteiger partial charge in [0.2, 0.25) is 17.7 Å². The molecule has 0 aliphatic carbocycles. The van der Waals surface area contributed by atoms with Gasteiger partial charge in [0.15, 0.2) is 0 Å². The Kier molecular flexibility index (Phi) is 2.88. The zero-order valence-electron chi connectivity index (χ0n) is 8.98. The van der Waals surface area contributed by atoms with Gasteiger partial charge < -0.3 is 4.90 Å². The maximum atomic E-state index is 11.7. The second kappa shape index (κ2) is 4.05. The molecule has 0 N–H and O–H groups in total. The molecule has 5 nitrogen and oxygen atoms in total. The first kappa shape index (κ1) is 11.4. The number of carbonyl (C=O) groups excluding carboxylic acids is 3. The molecular formula is C10H13ClN2O3. The Labute approximate surface area is 98.3 Å². The van der Waals surface area contributed by atoms with E-state index < -0.39 is 0 Å². The zero-order chi connectivity index (χ0) is 11.9. The number of carbonyl (C=O) groups is 3. The van der Waals surface area contributed by atoms with Crippen molar-refractivity contribution >= 4 is 29.3 Å². The van der Waals surface area contributed by atoms with Gasteiger partial charge >= 0.3 is 0 Å². The first-order chi connectivity index (χ1) is 7.56. The lowest BCUT2D eigenvalue weighted by molar-refractivity contribution is -0.139. The highest BCUT2D eigenvalue weighted by Gasteiger charge is 2.51. The van der Waals surface area contributed by atoms with Crippen LogP contribution < -0.4 is 0 Å². The summed E-state index contributed by atoms with van der Waals surface area (Å²) in [5.74, 6) is -0.819. The van der Waals surface area contributed by atoms with E-state index >= 15 is 0 Å². The Morgan fingerprint density at radius 1 is 1.31 bits per heavy atom. The van der Waals surface area contributed by atoms with Gasteiger partial charge in [0.25, 0.3) is 0 Å². The second-order valence-corrected chi connectivity index (χ2v) is 4.56. The molecule has 3 amide bonds. The first-order valence-corrected chi connectivity index (χ1v) is 5.75. The highest BCUT2D eigenvalue weighted by molar-refractivity contribution is 6.19. The maximum absolute atomic E-state index is 11.7. The van der Waals surface area contributed by atoms with Crippen LogP contribution >= 0.6 is 11.6 Å². The number of likely N-dealkylation sites (tertiary alicyclic amines) is 2. The van der Waals surface area contributed by atoms with E-state index in [1.54, 1.807) is 4.90 Å². The zero-order valence-corrected chi connectivity index (χ0v) is 9.74. The molecule has 0 aromatic rings. The molecule has 2 aliphatic rings. The minimum atomic E-state index is -0.336. The standard InChI is InChI=1S/C10H13ClN2O3/c1-12-9(15)6-4-13(8(14)2-3-11)5-7(6)10(12)16/h6-7H,2-5H2,1H3. The lowest BCUT2D eigenvalue weighted by Crippen LogP contribution is -2.36. The quantitative estimate of drug-likeness (QED) is 0.495. The molecule has 0 radical (unpaired) electrons. The molecule has 0 aromatic carbocycles. The van der Waals surface area contributed by atoms with E-state index in [0.29, 0.717) is 13.1 Å².